The lowest BCUT2D eigenvalue weighted by atomic mass is 9.88. The molecule has 0 amide bonds. The van der Waals surface area contributed by atoms with Crippen molar-refractivity contribution in [3.63, 3.8) is 0 Å². The second-order valence-electron chi connectivity index (χ2n) is 4.51. The van der Waals surface area contributed by atoms with Crippen LogP contribution in [0.5, 0.6) is 0 Å². The van der Waals surface area contributed by atoms with Crippen LogP contribution >= 0.6 is 7.94 Å². The fourth-order valence-corrected chi connectivity index (χ4v) is 4.58. The van der Waals surface area contributed by atoms with Gasteiger partial charge in [0.05, 0.1) is 5.41 Å². The number of hydrogen-bond donors (Lipinski definition) is 0. The lowest BCUT2D eigenvalue weighted by Crippen LogP contribution is -2.48. The molecule has 4 rings (SSSR count). The van der Waals surface area contributed by atoms with Crippen LogP contribution in [-0.4, -0.2) is 19.8 Å². The second-order valence-corrected chi connectivity index (χ2v) is 6.79. The third-order valence-corrected chi connectivity index (χ3v) is 5.78. The highest BCUT2D eigenvalue weighted by Gasteiger charge is 2.62. The molecular formula is C12H16O3P+. The van der Waals surface area contributed by atoms with Crippen molar-refractivity contribution >= 4 is 13.2 Å². The number of hydrogen-bond acceptors (Lipinski definition) is 3. The molecule has 0 aliphatic carbocycles. The Kier molecular flexibility index (Phi) is 2.52. The van der Waals surface area contributed by atoms with Crippen molar-refractivity contribution in [2.75, 3.05) is 19.8 Å². The number of fused-ring (bicyclic) bond motifs is 3. The molecule has 0 spiro atoms. The highest BCUT2D eigenvalue weighted by atomic mass is 31.2. The molecule has 2 bridgehead atoms. The molecule has 3 aliphatic heterocycles. The van der Waals surface area contributed by atoms with Gasteiger partial charge in [0.25, 0.3) is 0 Å². The first-order chi connectivity index (χ1) is 7.79. The molecule has 0 atom stereocenters. The second kappa shape index (κ2) is 3.78. The molecule has 0 saturated carbocycles. The lowest BCUT2D eigenvalue weighted by molar-refractivity contribution is -0.0826. The molecule has 1 aromatic rings. The normalized spacial score (nSPS) is 37.6. The Bertz CT molecular complexity index is 355. The average molecular weight is 239 g/mol. The molecule has 3 fully saturated rings. The van der Waals surface area contributed by atoms with Gasteiger partial charge in [-0.2, -0.15) is 13.6 Å². The van der Waals surface area contributed by atoms with E-state index in [1.54, 1.807) is 0 Å². The monoisotopic (exact) mass is 239 g/mol. The number of benzene rings is 1. The van der Waals surface area contributed by atoms with Crippen LogP contribution in [0.15, 0.2) is 30.3 Å². The molecule has 0 radical (unpaired) electrons. The van der Waals surface area contributed by atoms with E-state index in [0.717, 1.165) is 31.5 Å². The topological polar surface area (TPSA) is 27.7 Å². The molecule has 0 aromatic heterocycles. The van der Waals surface area contributed by atoms with E-state index < -0.39 is 7.94 Å². The van der Waals surface area contributed by atoms with Gasteiger partial charge in [-0.05, 0) is 18.6 Å². The summed E-state index contributed by atoms with van der Waals surface area (Å²) in [6, 6.07) is 10.0. The van der Waals surface area contributed by atoms with Crippen LogP contribution in [0.4, 0.5) is 0 Å². The summed E-state index contributed by atoms with van der Waals surface area (Å²) in [7, 11) is -2.21. The zero-order valence-corrected chi connectivity index (χ0v) is 10.3. The smallest absolute Gasteiger partial charge is 0.173 e. The minimum absolute atomic E-state index is 0.0938. The predicted octanol–water partition coefficient (Wildman–Crippen LogP) is 2.55. The fraction of sp³-hybridized carbons (Fsp3) is 0.500. The van der Waals surface area contributed by atoms with Gasteiger partial charge in [-0.15, -0.1) is 0 Å². The van der Waals surface area contributed by atoms with Crippen molar-refractivity contribution in [2.45, 2.75) is 13.3 Å². The van der Waals surface area contributed by atoms with Gasteiger partial charge in [-0.25, -0.2) is 0 Å². The Morgan fingerprint density at radius 3 is 2.12 bits per heavy atom. The van der Waals surface area contributed by atoms with E-state index in [-0.39, 0.29) is 5.41 Å². The Balaban J connectivity index is 1.89. The van der Waals surface area contributed by atoms with Crippen LogP contribution in [0.3, 0.4) is 0 Å². The first kappa shape index (κ1) is 10.7. The summed E-state index contributed by atoms with van der Waals surface area (Å²) in [5.41, 5.74) is 0.0938. The van der Waals surface area contributed by atoms with Crippen LogP contribution in [0.1, 0.15) is 13.3 Å². The highest BCUT2D eigenvalue weighted by molar-refractivity contribution is 7.69. The molecule has 3 aliphatic rings. The van der Waals surface area contributed by atoms with E-state index in [2.05, 4.69) is 6.92 Å². The van der Waals surface area contributed by atoms with Crippen molar-refractivity contribution in [3.8, 4) is 0 Å². The van der Waals surface area contributed by atoms with Gasteiger partial charge >= 0.3 is 7.94 Å². The van der Waals surface area contributed by atoms with Crippen LogP contribution in [0, 0.1) is 5.41 Å². The summed E-state index contributed by atoms with van der Waals surface area (Å²) >= 11 is 0. The fourth-order valence-electron chi connectivity index (χ4n) is 2.04. The molecule has 1 aromatic carbocycles. The number of rotatable bonds is 2. The van der Waals surface area contributed by atoms with E-state index in [1.807, 2.05) is 30.3 Å². The molecular weight excluding hydrogens is 223 g/mol. The van der Waals surface area contributed by atoms with Crippen molar-refractivity contribution in [1.29, 1.82) is 0 Å². The quantitative estimate of drug-likeness (QED) is 0.742. The Morgan fingerprint density at radius 2 is 1.62 bits per heavy atom. The average Bonchev–Trinajstić information content (AvgIpc) is 2.42. The standard InChI is InChI=1S/C12H16O3P/c1-2-12-8-13-16(14-9-12,15-10-12)11-6-4-3-5-7-11/h3-7H,2,8-10H2,1H3/q+1. The molecule has 0 unspecified atom stereocenters. The largest absolute Gasteiger partial charge is 0.448 e. The van der Waals surface area contributed by atoms with E-state index in [4.69, 9.17) is 13.6 Å². The lowest BCUT2D eigenvalue weighted by Gasteiger charge is -2.43. The SMILES string of the molecule is CCC12CO[P+](c3ccccc3)(OC1)OC2. The Morgan fingerprint density at radius 1 is 1.06 bits per heavy atom. The molecule has 3 nitrogen and oxygen atoms in total. The molecule has 3 saturated heterocycles. The zero-order valence-electron chi connectivity index (χ0n) is 9.39. The van der Waals surface area contributed by atoms with Crippen LogP contribution < -0.4 is 5.30 Å². The minimum atomic E-state index is -2.21. The first-order valence-electron chi connectivity index (χ1n) is 5.67. The maximum absolute atomic E-state index is 5.91. The van der Waals surface area contributed by atoms with Gasteiger partial charge in [0.15, 0.2) is 5.30 Å². The zero-order chi connectivity index (χ0) is 11.1. The Hall–Kier alpha value is -0.470. The van der Waals surface area contributed by atoms with Gasteiger partial charge in [-0.1, -0.05) is 25.1 Å². The van der Waals surface area contributed by atoms with Crippen LogP contribution in [0.2, 0.25) is 0 Å². The van der Waals surface area contributed by atoms with Crippen LogP contribution in [-0.2, 0) is 13.6 Å². The molecule has 86 valence electrons. The van der Waals surface area contributed by atoms with Crippen molar-refractivity contribution < 1.29 is 13.6 Å². The molecule has 3 heterocycles. The van der Waals surface area contributed by atoms with E-state index >= 15 is 0 Å². The maximum Gasteiger partial charge on any atom is 0.448 e. The summed E-state index contributed by atoms with van der Waals surface area (Å²) in [6.07, 6.45) is 1.04. The predicted molar refractivity (Wildman–Crippen MR) is 63.6 cm³/mol. The van der Waals surface area contributed by atoms with Gasteiger partial charge in [-0.3, -0.25) is 0 Å². The third kappa shape index (κ3) is 1.51. The van der Waals surface area contributed by atoms with E-state index in [0.29, 0.717) is 0 Å². The van der Waals surface area contributed by atoms with Crippen molar-refractivity contribution in [3.05, 3.63) is 30.3 Å². The van der Waals surface area contributed by atoms with Gasteiger partial charge < -0.3 is 0 Å². The third-order valence-electron chi connectivity index (χ3n) is 3.44. The molecule has 0 N–H and O–H groups in total. The summed E-state index contributed by atoms with van der Waals surface area (Å²) in [6.45, 7) is 4.47. The first-order valence-corrected chi connectivity index (χ1v) is 7.21. The Labute approximate surface area is 96.3 Å². The summed E-state index contributed by atoms with van der Waals surface area (Å²) < 4.78 is 17.7. The van der Waals surface area contributed by atoms with Gasteiger partial charge in [0.1, 0.15) is 19.8 Å². The van der Waals surface area contributed by atoms with Gasteiger partial charge in [0, 0.05) is 0 Å². The van der Waals surface area contributed by atoms with Crippen molar-refractivity contribution in [1.82, 2.24) is 0 Å². The summed E-state index contributed by atoms with van der Waals surface area (Å²) in [5.74, 6) is 0. The van der Waals surface area contributed by atoms with Crippen LogP contribution in [0.25, 0.3) is 0 Å². The van der Waals surface area contributed by atoms with E-state index in [9.17, 15) is 0 Å². The van der Waals surface area contributed by atoms with Gasteiger partial charge in [0.2, 0.25) is 0 Å². The summed E-state index contributed by atoms with van der Waals surface area (Å²) in [5, 5.41) is 1.06. The summed E-state index contributed by atoms with van der Waals surface area (Å²) in [4.78, 5) is 0. The maximum atomic E-state index is 5.91. The molecule has 4 heteroatoms. The molecule has 16 heavy (non-hydrogen) atoms. The highest BCUT2D eigenvalue weighted by Crippen LogP contribution is 2.69. The minimum Gasteiger partial charge on any atom is -0.173 e. The van der Waals surface area contributed by atoms with Crippen molar-refractivity contribution in [2.24, 2.45) is 5.41 Å². The van der Waals surface area contributed by atoms with E-state index in [1.165, 1.54) is 0 Å².